The molecule has 1 unspecified atom stereocenters. The van der Waals surface area contributed by atoms with Crippen LogP contribution in [0.3, 0.4) is 0 Å². The Labute approximate surface area is 172 Å². The summed E-state index contributed by atoms with van der Waals surface area (Å²) in [7, 11) is 0. The summed E-state index contributed by atoms with van der Waals surface area (Å²) in [6, 6.07) is 14.8. The highest BCUT2D eigenvalue weighted by molar-refractivity contribution is 6.19. The smallest absolute Gasteiger partial charge is 0.248 e. The van der Waals surface area contributed by atoms with Crippen LogP contribution in [-0.4, -0.2) is 11.7 Å². The highest BCUT2D eigenvalue weighted by atomic mass is 19.1. The highest BCUT2D eigenvalue weighted by Crippen LogP contribution is 2.54. The van der Waals surface area contributed by atoms with Crippen LogP contribution >= 0.6 is 0 Å². The Bertz CT molecular complexity index is 1190. The minimum atomic E-state index is -1.68. The summed E-state index contributed by atoms with van der Waals surface area (Å²) in [5.41, 5.74) is 6.05. The molecule has 1 atom stereocenters. The van der Waals surface area contributed by atoms with Gasteiger partial charge in [-0.3, -0.25) is 9.59 Å². The fraction of sp³-hybridized carbons (Fsp3) is 0.174. The van der Waals surface area contributed by atoms with E-state index in [-0.39, 0.29) is 40.9 Å². The Morgan fingerprint density at radius 1 is 1.23 bits per heavy atom. The number of nitriles is 1. The fourth-order valence-corrected chi connectivity index (χ4v) is 4.36. The van der Waals surface area contributed by atoms with Gasteiger partial charge in [0.25, 0.3) is 0 Å². The Morgan fingerprint density at radius 3 is 2.53 bits per heavy atom. The molecule has 0 fully saturated rings. The topological polar surface area (TPSA) is 96.4 Å². The molecule has 2 N–H and O–H groups in total. The van der Waals surface area contributed by atoms with Crippen molar-refractivity contribution in [1.82, 2.24) is 0 Å². The Hall–Kier alpha value is -3.92. The van der Waals surface area contributed by atoms with E-state index in [4.69, 9.17) is 10.5 Å². The van der Waals surface area contributed by atoms with Crippen molar-refractivity contribution in [3.05, 3.63) is 88.3 Å². The van der Waals surface area contributed by atoms with Crippen LogP contribution in [0.5, 0.6) is 0 Å². The maximum absolute atomic E-state index is 14.0. The summed E-state index contributed by atoms with van der Waals surface area (Å²) in [6.07, 6.45) is 0. The van der Waals surface area contributed by atoms with Gasteiger partial charge in [-0.05, 0) is 37.6 Å². The van der Waals surface area contributed by atoms with E-state index in [9.17, 15) is 19.2 Å². The van der Waals surface area contributed by atoms with Crippen LogP contribution in [0.2, 0.25) is 0 Å². The van der Waals surface area contributed by atoms with Crippen LogP contribution in [0.15, 0.2) is 71.3 Å². The lowest BCUT2D eigenvalue weighted by Crippen LogP contribution is -2.47. The lowest BCUT2D eigenvalue weighted by Gasteiger charge is -2.34. The van der Waals surface area contributed by atoms with Gasteiger partial charge in [0.15, 0.2) is 5.78 Å². The van der Waals surface area contributed by atoms with E-state index in [0.29, 0.717) is 16.8 Å². The van der Waals surface area contributed by atoms with Crippen molar-refractivity contribution in [3.8, 4) is 6.07 Å². The second-order valence-electron chi connectivity index (χ2n) is 7.23. The number of ketones is 1. The molecular weight excluding hydrogens is 385 g/mol. The molecule has 30 heavy (non-hydrogen) atoms. The summed E-state index contributed by atoms with van der Waals surface area (Å²) >= 11 is 0. The largest absolute Gasteiger partial charge is 0.445 e. The molecule has 7 heteroatoms. The van der Waals surface area contributed by atoms with E-state index in [1.807, 2.05) is 6.07 Å². The predicted molar refractivity (Wildman–Crippen MR) is 107 cm³/mol. The summed E-state index contributed by atoms with van der Waals surface area (Å²) < 4.78 is 18.8. The first-order chi connectivity index (χ1) is 14.3. The molecule has 1 amide bonds. The molecule has 2 aromatic rings. The van der Waals surface area contributed by atoms with Crippen molar-refractivity contribution in [2.45, 2.75) is 25.8 Å². The summed E-state index contributed by atoms with van der Waals surface area (Å²) in [4.78, 5) is 28.1. The van der Waals surface area contributed by atoms with E-state index in [2.05, 4.69) is 0 Å². The number of benzene rings is 2. The van der Waals surface area contributed by atoms with Gasteiger partial charge in [0, 0.05) is 11.3 Å². The molecule has 2 aliphatic rings. The SMILES string of the molecule is CC(=O)C1=C(C)OC(N)=C(C#N)C12C(=O)N(Cc1ccc(F)cc1)c1ccccc12. The predicted octanol–water partition coefficient (Wildman–Crippen LogP) is 3.20. The lowest BCUT2D eigenvalue weighted by atomic mass is 9.67. The van der Waals surface area contributed by atoms with Gasteiger partial charge >= 0.3 is 0 Å². The Balaban J connectivity index is 1.98. The van der Waals surface area contributed by atoms with Crippen molar-refractivity contribution >= 4 is 17.4 Å². The van der Waals surface area contributed by atoms with E-state index < -0.39 is 11.3 Å². The maximum Gasteiger partial charge on any atom is 0.248 e. The minimum absolute atomic E-state index is 0.0901. The number of amides is 1. The van der Waals surface area contributed by atoms with Crippen molar-refractivity contribution in [2.75, 3.05) is 4.90 Å². The molecule has 6 nitrogen and oxygen atoms in total. The molecular formula is C23H18FN3O3. The van der Waals surface area contributed by atoms with Crippen molar-refractivity contribution in [3.63, 3.8) is 0 Å². The second-order valence-corrected chi connectivity index (χ2v) is 7.23. The fourth-order valence-electron chi connectivity index (χ4n) is 4.36. The molecule has 2 aliphatic heterocycles. The number of anilines is 1. The number of rotatable bonds is 3. The molecule has 4 rings (SSSR count). The number of hydrogen-bond acceptors (Lipinski definition) is 5. The number of nitrogens with zero attached hydrogens (tertiary/aromatic N) is 2. The third-order valence-electron chi connectivity index (χ3n) is 5.49. The van der Waals surface area contributed by atoms with Gasteiger partial charge in [-0.2, -0.15) is 5.26 Å². The zero-order valence-corrected chi connectivity index (χ0v) is 16.4. The Kier molecular flexibility index (Phi) is 4.43. The van der Waals surface area contributed by atoms with Gasteiger partial charge in [0.05, 0.1) is 12.1 Å². The number of Topliss-reactive ketones (excluding diaryl/α,β-unsaturated/α-hetero) is 1. The third kappa shape index (κ3) is 2.54. The zero-order chi connectivity index (χ0) is 21.6. The standard InChI is InChI=1S/C23H18FN3O3/c1-13(28)20-14(2)30-21(26)18(11-25)23(20)17-5-3-4-6-19(17)27(22(23)29)12-15-7-9-16(24)10-8-15/h3-10H,12,26H2,1-2H3. The van der Waals surface area contributed by atoms with Crippen LogP contribution in [0, 0.1) is 17.1 Å². The molecule has 0 radical (unpaired) electrons. The molecule has 0 saturated carbocycles. The van der Waals surface area contributed by atoms with Crippen molar-refractivity contribution in [1.29, 1.82) is 5.26 Å². The molecule has 1 spiro atoms. The van der Waals surface area contributed by atoms with Crippen LogP contribution in [0.4, 0.5) is 10.1 Å². The van der Waals surface area contributed by atoms with Crippen LogP contribution in [0.1, 0.15) is 25.0 Å². The molecule has 2 aromatic carbocycles. The van der Waals surface area contributed by atoms with Gasteiger partial charge < -0.3 is 15.4 Å². The number of ether oxygens (including phenoxy) is 1. The van der Waals surface area contributed by atoms with Crippen molar-refractivity contribution in [2.24, 2.45) is 5.73 Å². The Morgan fingerprint density at radius 2 is 1.90 bits per heavy atom. The number of allylic oxidation sites excluding steroid dienone is 1. The normalized spacial score (nSPS) is 20.3. The number of para-hydroxylation sites is 1. The lowest BCUT2D eigenvalue weighted by molar-refractivity contribution is -0.123. The summed E-state index contributed by atoms with van der Waals surface area (Å²) in [5, 5.41) is 9.91. The number of carbonyl (C=O) groups excluding carboxylic acids is 2. The van der Waals surface area contributed by atoms with E-state index >= 15 is 0 Å². The van der Waals surface area contributed by atoms with Gasteiger partial charge in [0.1, 0.15) is 28.6 Å². The number of hydrogen-bond donors (Lipinski definition) is 1. The first-order valence-corrected chi connectivity index (χ1v) is 9.28. The average Bonchev–Trinajstić information content (AvgIpc) is 2.93. The third-order valence-corrected chi connectivity index (χ3v) is 5.49. The first kappa shape index (κ1) is 19.4. The van der Waals surface area contributed by atoms with Gasteiger partial charge in [0.2, 0.25) is 11.8 Å². The van der Waals surface area contributed by atoms with Gasteiger partial charge in [-0.1, -0.05) is 30.3 Å². The quantitative estimate of drug-likeness (QED) is 0.849. The first-order valence-electron chi connectivity index (χ1n) is 9.28. The molecule has 0 aromatic heterocycles. The number of nitrogens with two attached hydrogens (primary N) is 1. The van der Waals surface area contributed by atoms with Crippen LogP contribution < -0.4 is 10.6 Å². The monoisotopic (exact) mass is 403 g/mol. The zero-order valence-electron chi connectivity index (χ0n) is 16.4. The average molecular weight is 403 g/mol. The highest BCUT2D eigenvalue weighted by Gasteiger charge is 2.60. The maximum atomic E-state index is 14.0. The molecule has 0 bridgehead atoms. The van der Waals surface area contributed by atoms with E-state index in [0.717, 1.165) is 0 Å². The summed E-state index contributed by atoms with van der Waals surface area (Å²) in [6.45, 7) is 3.03. The number of carbonyl (C=O) groups is 2. The van der Waals surface area contributed by atoms with E-state index in [1.165, 1.54) is 24.0 Å². The number of fused-ring (bicyclic) bond motifs is 2. The molecule has 0 aliphatic carbocycles. The minimum Gasteiger partial charge on any atom is -0.445 e. The van der Waals surface area contributed by atoms with Gasteiger partial charge in [-0.15, -0.1) is 0 Å². The molecule has 2 heterocycles. The van der Waals surface area contributed by atoms with Crippen molar-refractivity contribution < 1.29 is 18.7 Å². The van der Waals surface area contributed by atoms with Crippen LogP contribution in [0.25, 0.3) is 0 Å². The molecule has 0 saturated heterocycles. The second kappa shape index (κ2) is 6.85. The van der Waals surface area contributed by atoms with Gasteiger partial charge in [-0.25, -0.2) is 4.39 Å². The summed E-state index contributed by atoms with van der Waals surface area (Å²) in [5.74, 6) is -1.26. The van der Waals surface area contributed by atoms with Crippen LogP contribution in [-0.2, 0) is 26.3 Å². The number of halogens is 1. The van der Waals surface area contributed by atoms with E-state index in [1.54, 1.807) is 43.3 Å². The molecule has 150 valence electrons.